The number of amides is 5. The number of rotatable bonds is 30. The SMILES string of the molecule is CCN(CC)c1ccc2c(-c3ccccc3C(=O)N3CCN(C(=O)CC[C@H](NC(=O)CCOCCOCCNC(=O)CCC(=O)O[C@H]4CC[C@@]5(C)C(=CCC6C5CC[C@@]5(C)C6CC[C@@H]5C(C)CCCC(C)C)C4)C(N)=O)CC3)c3ccc(=[N+](CC)CC)cc-3oc2c1. The van der Waals surface area contributed by atoms with Crippen molar-refractivity contribution in [2.75, 3.05) is 90.2 Å². The van der Waals surface area contributed by atoms with Gasteiger partial charge in [-0.25, -0.2) is 4.58 Å². The molecule has 0 aromatic heterocycles. The number of hydrogen-bond acceptors (Lipinski definition) is 11. The molecule has 1 saturated heterocycles. The van der Waals surface area contributed by atoms with E-state index < -0.39 is 17.9 Å². The minimum atomic E-state index is -1.05. The van der Waals surface area contributed by atoms with Crippen LogP contribution in [0.25, 0.3) is 33.4 Å². The summed E-state index contributed by atoms with van der Waals surface area (Å²) in [7, 11) is 0. The number of allylic oxidation sites excluding steroid dienone is 1. The molecule has 17 nitrogen and oxygen atoms in total. The van der Waals surface area contributed by atoms with Gasteiger partial charge in [-0.2, -0.15) is 0 Å². The van der Waals surface area contributed by atoms with Crippen LogP contribution in [0.4, 0.5) is 5.69 Å². The molecule has 5 aliphatic carbocycles. The molecule has 2 aromatic rings. The number of esters is 1. The van der Waals surface area contributed by atoms with Gasteiger partial charge in [0.25, 0.3) is 5.91 Å². The van der Waals surface area contributed by atoms with E-state index in [1.165, 1.54) is 50.5 Å². The molecule has 0 spiro atoms. The standard InChI is InChI=1S/C75H107N7O10/c1-10-79(11-2)53-22-25-59-65(48-53)92-66-49-54(80(12-3)13-4)23-26-60(66)71(59)56-19-14-15-20-57(56)73(88)82-41-39-81(40-42-82)69(85)31-29-64(72(76)87)78-68(84)35-43-89-45-46-90-44-38-77-67(83)30-32-70(86)91-55-33-36-74(8)52(47-55)21-24-58-62-28-27-61(51(7)18-16-17-50(5)6)75(62,9)37-34-63(58)74/h14-15,19-23,25-26,48-51,55,58,61-64H,10-13,16-18,24,27-47H2,1-9H3,(H3-,76,77,78,83,84,87)/p+1/t51?,55-,58?,61+,62?,63?,64-,74-,75+/m0/s1. The molecule has 9 rings (SSSR count). The fourth-order valence-corrected chi connectivity index (χ4v) is 17.0. The lowest BCUT2D eigenvalue weighted by molar-refractivity contribution is -0.152. The molecule has 9 atom stereocenters. The van der Waals surface area contributed by atoms with Crippen molar-refractivity contribution < 1.29 is 47.4 Å². The lowest BCUT2D eigenvalue weighted by Gasteiger charge is -2.58. The smallest absolute Gasteiger partial charge is 0.306 e. The van der Waals surface area contributed by atoms with Crippen LogP contribution in [0.3, 0.4) is 0 Å². The van der Waals surface area contributed by atoms with Crippen molar-refractivity contribution in [3.63, 3.8) is 0 Å². The van der Waals surface area contributed by atoms with Gasteiger partial charge in [-0.1, -0.05) is 83.7 Å². The van der Waals surface area contributed by atoms with Crippen molar-refractivity contribution >= 4 is 52.2 Å². The van der Waals surface area contributed by atoms with E-state index in [0.717, 1.165) is 126 Å². The fraction of sp³-hybridized carbons (Fsp3) is 0.640. The van der Waals surface area contributed by atoms with Crippen LogP contribution in [0.2, 0.25) is 0 Å². The first-order valence-electron chi connectivity index (χ1n) is 35.2. The van der Waals surface area contributed by atoms with E-state index in [0.29, 0.717) is 43.1 Å². The third-order valence-corrected chi connectivity index (χ3v) is 22.1. The molecule has 0 bridgehead atoms. The third kappa shape index (κ3) is 16.3. The van der Waals surface area contributed by atoms with Crippen LogP contribution in [0.5, 0.6) is 0 Å². The molecule has 7 aliphatic rings. The van der Waals surface area contributed by atoms with Gasteiger partial charge < -0.3 is 49.7 Å². The van der Waals surface area contributed by atoms with Gasteiger partial charge in [0.1, 0.15) is 36.6 Å². The number of carbonyl (C=O) groups excluding carboxylic acids is 6. The first kappa shape index (κ1) is 69.7. The number of ether oxygens (including phenoxy) is 3. The van der Waals surface area contributed by atoms with Crippen molar-refractivity contribution in [2.45, 2.75) is 177 Å². The summed E-state index contributed by atoms with van der Waals surface area (Å²) >= 11 is 0. The quantitative estimate of drug-likeness (QED) is 0.0147. The summed E-state index contributed by atoms with van der Waals surface area (Å²) in [4.78, 5) is 84.9. The van der Waals surface area contributed by atoms with Crippen LogP contribution >= 0.6 is 0 Å². The predicted molar refractivity (Wildman–Crippen MR) is 362 cm³/mol. The first-order valence-corrected chi connectivity index (χ1v) is 35.2. The maximum absolute atomic E-state index is 14.6. The summed E-state index contributed by atoms with van der Waals surface area (Å²) in [6, 6.07) is 19.2. The molecule has 92 heavy (non-hydrogen) atoms. The lowest BCUT2D eigenvalue weighted by atomic mass is 9.47. The monoisotopic (exact) mass is 1270 g/mol. The van der Waals surface area contributed by atoms with Crippen molar-refractivity contribution in [1.29, 1.82) is 0 Å². The normalized spacial score (nSPS) is 23.5. The molecular weight excluding hydrogens is 1160 g/mol. The lowest BCUT2D eigenvalue weighted by Crippen LogP contribution is -2.51. The minimum Gasteiger partial charge on any atom is -0.462 e. The largest absolute Gasteiger partial charge is 0.462 e. The third-order valence-electron chi connectivity index (χ3n) is 22.1. The summed E-state index contributed by atoms with van der Waals surface area (Å²) in [6.45, 7) is 26.6. The summed E-state index contributed by atoms with van der Waals surface area (Å²) < 4.78 is 26.2. The Bertz CT molecular complexity index is 3280. The molecule has 2 aliphatic heterocycles. The molecule has 2 heterocycles. The van der Waals surface area contributed by atoms with E-state index in [-0.39, 0.29) is 100 Å². The number of hydrogen-bond donors (Lipinski definition) is 3. The second kappa shape index (κ2) is 32.0. The number of benzene rings is 3. The molecule has 5 amide bonds. The Labute approximate surface area is 547 Å². The highest BCUT2D eigenvalue weighted by Gasteiger charge is 2.59. The van der Waals surface area contributed by atoms with E-state index in [1.54, 1.807) is 9.80 Å². The number of anilines is 1. The number of primary amides is 1. The summed E-state index contributed by atoms with van der Waals surface area (Å²) in [6.07, 6.45) is 15.8. The number of carbonyl (C=O) groups is 6. The highest BCUT2D eigenvalue weighted by molar-refractivity contribution is 6.09. The zero-order valence-corrected chi connectivity index (χ0v) is 56.9. The Hall–Kier alpha value is -6.59. The van der Waals surface area contributed by atoms with Crippen LogP contribution in [0.15, 0.2) is 76.7 Å². The van der Waals surface area contributed by atoms with E-state index in [4.69, 9.17) is 24.4 Å². The van der Waals surface area contributed by atoms with Crippen molar-refractivity contribution in [3.05, 3.63) is 83.2 Å². The van der Waals surface area contributed by atoms with Crippen molar-refractivity contribution in [3.8, 4) is 22.5 Å². The summed E-state index contributed by atoms with van der Waals surface area (Å²) in [5, 5.41) is 7.43. The molecule has 0 radical (unpaired) electrons. The van der Waals surface area contributed by atoms with Gasteiger partial charge >= 0.3 is 5.97 Å². The number of fused-ring (bicyclic) bond motifs is 7. The van der Waals surface area contributed by atoms with E-state index in [9.17, 15) is 28.8 Å². The van der Waals surface area contributed by atoms with Crippen LogP contribution in [0.1, 0.15) is 175 Å². The van der Waals surface area contributed by atoms with Gasteiger partial charge in [0.15, 0.2) is 0 Å². The van der Waals surface area contributed by atoms with Crippen LogP contribution in [-0.2, 0) is 38.2 Å². The molecule has 502 valence electrons. The molecule has 4 fully saturated rings. The average Bonchev–Trinajstić information content (AvgIpc) is 0.998. The molecule has 2 aromatic carbocycles. The van der Waals surface area contributed by atoms with Gasteiger partial charge in [0.2, 0.25) is 29.0 Å². The van der Waals surface area contributed by atoms with Crippen LogP contribution in [0, 0.1) is 46.3 Å². The Balaban J connectivity index is 0.642. The zero-order valence-electron chi connectivity index (χ0n) is 56.9. The fourth-order valence-electron chi connectivity index (χ4n) is 17.0. The Kier molecular flexibility index (Phi) is 24.3. The number of nitrogens with two attached hydrogens (primary N) is 1. The predicted octanol–water partition coefficient (Wildman–Crippen LogP) is 11.2. The van der Waals surface area contributed by atoms with Gasteiger partial charge in [0.05, 0.1) is 38.9 Å². The first-order chi connectivity index (χ1) is 44.3. The molecule has 17 heteroatoms. The van der Waals surface area contributed by atoms with E-state index in [2.05, 4.69) is 125 Å². The van der Waals surface area contributed by atoms with Crippen molar-refractivity contribution in [2.24, 2.45) is 52.1 Å². The summed E-state index contributed by atoms with van der Waals surface area (Å²) in [5.41, 5.74) is 12.8. The van der Waals surface area contributed by atoms with Gasteiger partial charge in [-0.15, -0.1) is 0 Å². The van der Waals surface area contributed by atoms with Gasteiger partial charge in [0, 0.05) is 111 Å². The average molecular weight is 1270 g/mol. The highest BCUT2D eigenvalue weighted by atomic mass is 16.5. The Morgan fingerprint density at radius 3 is 2.22 bits per heavy atom. The maximum atomic E-state index is 14.6. The number of nitrogens with zero attached hydrogens (tertiary/aromatic N) is 4. The Morgan fingerprint density at radius 2 is 1.49 bits per heavy atom. The summed E-state index contributed by atoms with van der Waals surface area (Å²) in [5.74, 6) is 3.35. The topological polar surface area (TPSA) is 206 Å². The second-order valence-electron chi connectivity index (χ2n) is 27.9. The number of piperazine rings is 1. The van der Waals surface area contributed by atoms with Crippen LogP contribution < -0.4 is 31.2 Å². The molecular formula is C75H108N7O10+. The van der Waals surface area contributed by atoms with Gasteiger partial charge in [-0.3, -0.25) is 28.8 Å². The zero-order chi connectivity index (χ0) is 65.7. The number of nitrogens with one attached hydrogen (secondary N) is 2. The molecule has 4 N–H and O–H groups in total. The van der Waals surface area contributed by atoms with E-state index in [1.807, 2.05) is 24.3 Å². The second-order valence-corrected chi connectivity index (χ2v) is 27.9. The van der Waals surface area contributed by atoms with Gasteiger partial charge in [-0.05, 0) is 155 Å². The minimum absolute atomic E-state index is 0.0188. The molecule has 3 saturated carbocycles. The maximum Gasteiger partial charge on any atom is 0.306 e. The molecule has 4 unspecified atom stereocenters. The van der Waals surface area contributed by atoms with Crippen molar-refractivity contribution in [1.82, 2.24) is 25.0 Å². The Morgan fingerprint density at radius 1 is 0.750 bits per heavy atom. The highest BCUT2D eigenvalue weighted by Crippen LogP contribution is 2.67. The van der Waals surface area contributed by atoms with Crippen LogP contribution in [-0.4, -0.2) is 143 Å². The van der Waals surface area contributed by atoms with E-state index >= 15 is 0 Å².